The van der Waals surface area contributed by atoms with Crippen LogP contribution in [0.2, 0.25) is 0 Å². The minimum atomic E-state index is 0.526. The lowest BCUT2D eigenvalue weighted by molar-refractivity contribution is 0.591. The Morgan fingerprint density at radius 2 is 2.20 bits per heavy atom. The van der Waals surface area contributed by atoms with Gasteiger partial charge in [0.2, 0.25) is 5.13 Å². The highest BCUT2D eigenvalue weighted by Gasteiger charge is 2.04. The van der Waals surface area contributed by atoms with Crippen LogP contribution in [-0.2, 0) is 13.0 Å². The first kappa shape index (κ1) is 10.1. The van der Waals surface area contributed by atoms with Crippen LogP contribution < -0.4 is 5.73 Å². The van der Waals surface area contributed by atoms with Gasteiger partial charge in [-0.3, -0.25) is 4.68 Å². The van der Waals surface area contributed by atoms with Gasteiger partial charge in [0.1, 0.15) is 5.01 Å². The number of rotatable bonds is 3. The molecule has 80 valence electrons. The lowest BCUT2D eigenvalue weighted by atomic mass is 10.4. The molecule has 2 N–H and O–H groups in total. The molecule has 2 aromatic heterocycles. The smallest absolute Gasteiger partial charge is 0.203 e. The van der Waals surface area contributed by atoms with Crippen LogP contribution in [-0.4, -0.2) is 20.0 Å². The second kappa shape index (κ2) is 3.98. The molecule has 15 heavy (non-hydrogen) atoms. The van der Waals surface area contributed by atoms with Gasteiger partial charge in [-0.15, -0.1) is 10.2 Å². The first-order chi connectivity index (χ1) is 7.15. The molecule has 0 atom stereocenters. The van der Waals surface area contributed by atoms with Gasteiger partial charge in [-0.25, -0.2) is 0 Å². The average molecular weight is 223 g/mol. The van der Waals surface area contributed by atoms with Crippen LogP contribution in [0.25, 0.3) is 0 Å². The van der Waals surface area contributed by atoms with Gasteiger partial charge in [0, 0.05) is 18.7 Å². The molecule has 2 aromatic rings. The number of hydrogen-bond acceptors (Lipinski definition) is 5. The molecule has 0 aromatic carbocycles. The fourth-order valence-electron chi connectivity index (χ4n) is 1.47. The third kappa shape index (κ3) is 2.33. The molecule has 6 heteroatoms. The van der Waals surface area contributed by atoms with Gasteiger partial charge in [0.15, 0.2) is 0 Å². The van der Waals surface area contributed by atoms with Crippen molar-refractivity contribution in [1.29, 1.82) is 0 Å². The zero-order valence-electron chi connectivity index (χ0n) is 8.77. The second-order valence-corrected chi connectivity index (χ2v) is 4.53. The average Bonchev–Trinajstić information content (AvgIpc) is 2.70. The summed E-state index contributed by atoms with van der Waals surface area (Å²) < 4.78 is 1.98. The minimum absolute atomic E-state index is 0.526. The normalized spacial score (nSPS) is 10.8. The van der Waals surface area contributed by atoms with Crippen molar-refractivity contribution >= 4 is 16.5 Å². The van der Waals surface area contributed by atoms with Gasteiger partial charge < -0.3 is 5.73 Å². The Labute approximate surface area is 91.9 Å². The third-order valence-electron chi connectivity index (χ3n) is 2.12. The fourth-order valence-corrected chi connectivity index (χ4v) is 2.07. The van der Waals surface area contributed by atoms with Crippen molar-refractivity contribution in [3.05, 3.63) is 22.5 Å². The number of aromatic nitrogens is 4. The highest BCUT2D eigenvalue weighted by atomic mass is 32.1. The Kier molecular flexibility index (Phi) is 2.68. The van der Waals surface area contributed by atoms with Crippen LogP contribution in [0, 0.1) is 13.8 Å². The summed E-state index contributed by atoms with van der Waals surface area (Å²) in [5.41, 5.74) is 7.72. The van der Waals surface area contributed by atoms with E-state index in [-0.39, 0.29) is 0 Å². The molecule has 0 amide bonds. The standard InChI is InChI=1S/C9H13N5S/c1-6-5-7(2)14(13-6)4-3-8-11-12-9(10)15-8/h5H,3-4H2,1-2H3,(H2,10,12). The van der Waals surface area contributed by atoms with Crippen LogP contribution in [0.15, 0.2) is 6.07 Å². The zero-order chi connectivity index (χ0) is 10.8. The predicted molar refractivity (Wildman–Crippen MR) is 59.7 cm³/mol. The molecule has 0 spiro atoms. The molecule has 0 radical (unpaired) electrons. The second-order valence-electron chi connectivity index (χ2n) is 3.43. The van der Waals surface area contributed by atoms with Crippen LogP contribution >= 0.6 is 11.3 Å². The zero-order valence-corrected chi connectivity index (χ0v) is 9.58. The summed E-state index contributed by atoms with van der Waals surface area (Å²) in [5.74, 6) is 0. The van der Waals surface area contributed by atoms with Gasteiger partial charge in [0.05, 0.1) is 5.69 Å². The van der Waals surface area contributed by atoms with Gasteiger partial charge in [-0.2, -0.15) is 5.10 Å². The number of anilines is 1. The lowest BCUT2D eigenvalue weighted by Gasteiger charge is -2.00. The first-order valence-electron chi connectivity index (χ1n) is 4.74. The Bertz CT molecular complexity index is 459. The van der Waals surface area contributed by atoms with E-state index in [4.69, 9.17) is 5.73 Å². The van der Waals surface area contributed by atoms with Crippen LogP contribution in [0.4, 0.5) is 5.13 Å². The first-order valence-corrected chi connectivity index (χ1v) is 5.55. The lowest BCUT2D eigenvalue weighted by Crippen LogP contribution is -2.05. The molecule has 2 heterocycles. The Balaban J connectivity index is 2.01. The number of hydrogen-bond donors (Lipinski definition) is 1. The highest BCUT2D eigenvalue weighted by Crippen LogP contribution is 2.12. The molecule has 0 unspecified atom stereocenters. The minimum Gasteiger partial charge on any atom is -0.374 e. The summed E-state index contributed by atoms with van der Waals surface area (Å²) in [6.45, 7) is 4.87. The quantitative estimate of drug-likeness (QED) is 0.848. The van der Waals surface area contributed by atoms with E-state index in [0.29, 0.717) is 5.13 Å². The maximum Gasteiger partial charge on any atom is 0.203 e. The third-order valence-corrected chi connectivity index (χ3v) is 2.94. The van der Waals surface area contributed by atoms with Crippen molar-refractivity contribution in [2.45, 2.75) is 26.8 Å². The molecule has 0 bridgehead atoms. The van der Waals surface area contributed by atoms with E-state index < -0.39 is 0 Å². The summed E-state index contributed by atoms with van der Waals surface area (Å²) in [4.78, 5) is 0. The van der Waals surface area contributed by atoms with Crippen molar-refractivity contribution in [3.8, 4) is 0 Å². The van der Waals surface area contributed by atoms with E-state index in [0.717, 1.165) is 23.7 Å². The topological polar surface area (TPSA) is 69.6 Å². The van der Waals surface area contributed by atoms with E-state index in [1.54, 1.807) is 0 Å². The maximum absolute atomic E-state index is 5.50. The van der Waals surface area contributed by atoms with E-state index >= 15 is 0 Å². The molecular formula is C9H13N5S. The monoisotopic (exact) mass is 223 g/mol. The summed E-state index contributed by atoms with van der Waals surface area (Å²) in [6, 6.07) is 2.06. The van der Waals surface area contributed by atoms with Gasteiger partial charge >= 0.3 is 0 Å². The molecule has 0 aliphatic carbocycles. The summed E-state index contributed by atoms with van der Waals surface area (Å²) in [5, 5.41) is 13.6. The fraction of sp³-hybridized carbons (Fsp3) is 0.444. The van der Waals surface area contributed by atoms with Crippen LogP contribution in [0.3, 0.4) is 0 Å². The van der Waals surface area contributed by atoms with Gasteiger partial charge in [-0.1, -0.05) is 11.3 Å². The SMILES string of the molecule is Cc1cc(C)n(CCc2nnc(N)s2)n1. The molecule has 0 fully saturated rings. The Morgan fingerprint density at radius 1 is 1.40 bits per heavy atom. The van der Waals surface area contributed by atoms with E-state index in [9.17, 15) is 0 Å². The van der Waals surface area contributed by atoms with Crippen molar-refractivity contribution < 1.29 is 0 Å². The molecular weight excluding hydrogens is 210 g/mol. The van der Waals surface area contributed by atoms with E-state index in [2.05, 4.69) is 28.3 Å². The molecule has 0 aliphatic heterocycles. The number of aryl methyl sites for hydroxylation is 4. The Hall–Kier alpha value is -1.43. The van der Waals surface area contributed by atoms with Crippen LogP contribution in [0.1, 0.15) is 16.4 Å². The molecule has 2 rings (SSSR count). The van der Waals surface area contributed by atoms with Crippen molar-refractivity contribution in [1.82, 2.24) is 20.0 Å². The van der Waals surface area contributed by atoms with Crippen molar-refractivity contribution in [2.75, 3.05) is 5.73 Å². The summed E-state index contributed by atoms with van der Waals surface area (Å²) >= 11 is 1.43. The highest BCUT2D eigenvalue weighted by molar-refractivity contribution is 7.15. The predicted octanol–water partition coefficient (Wildman–Crippen LogP) is 1.18. The Morgan fingerprint density at radius 3 is 2.73 bits per heavy atom. The molecule has 5 nitrogen and oxygen atoms in total. The van der Waals surface area contributed by atoms with E-state index in [1.165, 1.54) is 17.0 Å². The largest absolute Gasteiger partial charge is 0.374 e. The molecule has 0 saturated heterocycles. The summed E-state index contributed by atoms with van der Waals surface area (Å²) in [6.07, 6.45) is 0.830. The van der Waals surface area contributed by atoms with E-state index in [1.807, 2.05) is 11.6 Å². The molecule has 0 saturated carbocycles. The number of nitrogens with two attached hydrogens (primary N) is 1. The molecule has 0 aliphatic rings. The number of nitrogen functional groups attached to an aromatic ring is 1. The van der Waals surface area contributed by atoms with Crippen molar-refractivity contribution in [3.63, 3.8) is 0 Å². The van der Waals surface area contributed by atoms with Crippen LogP contribution in [0.5, 0.6) is 0 Å². The van der Waals surface area contributed by atoms with Crippen molar-refractivity contribution in [2.24, 2.45) is 0 Å². The summed E-state index contributed by atoms with van der Waals surface area (Å²) in [7, 11) is 0. The van der Waals surface area contributed by atoms with Gasteiger partial charge in [-0.05, 0) is 19.9 Å². The number of nitrogens with zero attached hydrogens (tertiary/aromatic N) is 4. The van der Waals surface area contributed by atoms with Gasteiger partial charge in [0.25, 0.3) is 0 Å². The maximum atomic E-state index is 5.50.